The Labute approximate surface area is 129 Å². The fourth-order valence-electron chi connectivity index (χ4n) is 2.93. The van der Waals surface area contributed by atoms with E-state index >= 15 is 0 Å². The molecule has 1 aromatic carbocycles. The van der Waals surface area contributed by atoms with Gasteiger partial charge in [0, 0.05) is 5.33 Å². The Balaban J connectivity index is 1.86. The van der Waals surface area contributed by atoms with Crippen LogP contribution in [-0.2, 0) is 4.79 Å². The summed E-state index contributed by atoms with van der Waals surface area (Å²) >= 11 is 3.56. The van der Waals surface area contributed by atoms with Crippen molar-refractivity contribution in [1.29, 1.82) is 0 Å². The highest BCUT2D eigenvalue weighted by molar-refractivity contribution is 9.09. The zero-order chi connectivity index (χ0) is 14.4. The first-order chi connectivity index (χ1) is 9.63. The number of amides is 1. The third-order valence-electron chi connectivity index (χ3n) is 3.86. The normalized spacial score (nSPS) is 26.0. The predicted molar refractivity (Wildman–Crippen MR) is 84.2 cm³/mol. The van der Waals surface area contributed by atoms with Gasteiger partial charge in [-0.05, 0) is 30.9 Å². The van der Waals surface area contributed by atoms with Gasteiger partial charge in [0.1, 0.15) is 5.75 Å². The summed E-state index contributed by atoms with van der Waals surface area (Å²) in [7, 11) is 0. The highest BCUT2D eigenvalue weighted by Gasteiger charge is 2.35. The molecule has 0 radical (unpaired) electrons. The zero-order valence-corrected chi connectivity index (χ0v) is 13.5. The molecular formula is C16H22BrNO2. The number of halogens is 1. The minimum atomic E-state index is -0.102. The van der Waals surface area contributed by atoms with E-state index in [1.807, 2.05) is 30.3 Å². The molecule has 2 unspecified atom stereocenters. The second kappa shape index (κ2) is 7.11. The molecule has 1 N–H and O–H groups in total. The van der Waals surface area contributed by atoms with E-state index in [1.54, 1.807) is 0 Å². The van der Waals surface area contributed by atoms with E-state index < -0.39 is 0 Å². The van der Waals surface area contributed by atoms with Crippen LogP contribution < -0.4 is 10.1 Å². The topological polar surface area (TPSA) is 38.3 Å². The number of hydrogen-bond acceptors (Lipinski definition) is 2. The first-order valence-corrected chi connectivity index (χ1v) is 8.30. The summed E-state index contributed by atoms with van der Waals surface area (Å²) in [5, 5.41) is 3.98. The minimum Gasteiger partial charge on any atom is -0.484 e. The van der Waals surface area contributed by atoms with Gasteiger partial charge in [0.2, 0.25) is 0 Å². The fraction of sp³-hybridized carbons (Fsp3) is 0.562. The van der Waals surface area contributed by atoms with Gasteiger partial charge in [-0.2, -0.15) is 0 Å². The third kappa shape index (κ3) is 4.23. The molecule has 1 fully saturated rings. The maximum absolute atomic E-state index is 12.1. The second-order valence-corrected chi connectivity index (χ2v) is 6.33. The number of para-hydroxylation sites is 1. The highest BCUT2D eigenvalue weighted by Crippen LogP contribution is 2.33. The van der Waals surface area contributed by atoms with Crippen molar-refractivity contribution >= 4 is 21.8 Å². The summed E-state index contributed by atoms with van der Waals surface area (Å²) in [4.78, 5) is 12.1. The van der Waals surface area contributed by atoms with Crippen molar-refractivity contribution < 1.29 is 9.53 Å². The minimum absolute atomic E-state index is 0.0394. The van der Waals surface area contributed by atoms with Crippen LogP contribution in [-0.4, -0.2) is 23.4 Å². The lowest BCUT2D eigenvalue weighted by atomic mass is 9.77. The van der Waals surface area contributed by atoms with Crippen LogP contribution in [0.5, 0.6) is 5.75 Å². The maximum atomic E-state index is 12.1. The predicted octanol–water partition coefficient (Wildman–Crippen LogP) is 3.53. The Bertz CT molecular complexity index is 437. The third-order valence-corrected chi connectivity index (χ3v) is 4.94. The molecule has 1 aliphatic rings. The maximum Gasteiger partial charge on any atom is 0.258 e. The van der Waals surface area contributed by atoms with Crippen molar-refractivity contribution in [3.05, 3.63) is 30.3 Å². The standard InChI is InChI=1S/C16H22BrNO2/c1-13-6-5-9-16(10-13,12-17)18-15(19)11-20-14-7-3-2-4-8-14/h2-4,7-8,13H,5-6,9-12H2,1H3,(H,18,19). The largest absolute Gasteiger partial charge is 0.484 e. The quantitative estimate of drug-likeness (QED) is 0.833. The number of nitrogens with one attached hydrogen (secondary N) is 1. The molecule has 1 amide bonds. The Morgan fingerprint density at radius 1 is 1.45 bits per heavy atom. The fourth-order valence-corrected chi connectivity index (χ4v) is 3.58. The van der Waals surface area contributed by atoms with Crippen molar-refractivity contribution in [2.45, 2.75) is 38.1 Å². The Hall–Kier alpha value is -1.03. The van der Waals surface area contributed by atoms with Crippen molar-refractivity contribution in [1.82, 2.24) is 5.32 Å². The Morgan fingerprint density at radius 2 is 2.20 bits per heavy atom. The van der Waals surface area contributed by atoms with Crippen LogP contribution >= 0.6 is 15.9 Å². The van der Waals surface area contributed by atoms with Gasteiger partial charge in [-0.15, -0.1) is 0 Å². The van der Waals surface area contributed by atoms with E-state index in [0.29, 0.717) is 5.92 Å². The Morgan fingerprint density at radius 3 is 2.85 bits per heavy atom. The second-order valence-electron chi connectivity index (χ2n) is 5.77. The monoisotopic (exact) mass is 339 g/mol. The molecular weight excluding hydrogens is 318 g/mol. The lowest BCUT2D eigenvalue weighted by Crippen LogP contribution is -2.53. The van der Waals surface area contributed by atoms with Gasteiger partial charge in [0.15, 0.2) is 6.61 Å². The van der Waals surface area contributed by atoms with Crippen LogP contribution in [0.2, 0.25) is 0 Å². The number of hydrogen-bond donors (Lipinski definition) is 1. The molecule has 110 valence electrons. The summed E-state index contributed by atoms with van der Waals surface area (Å²) < 4.78 is 5.50. The van der Waals surface area contributed by atoms with E-state index in [9.17, 15) is 4.79 Å². The number of carbonyl (C=O) groups is 1. The van der Waals surface area contributed by atoms with Crippen LogP contribution in [0.1, 0.15) is 32.6 Å². The first kappa shape index (κ1) is 15.4. The van der Waals surface area contributed by atoms with Gasteiger partial charge < -0.3 is 10.1 Å². The summed E-state index contributed by atoms with van der Waals surface area (Å²) in [6.45, 7) is 2.33. The van der Waals surface area contributed by atoms with E-state index in [0.717, 1.165) is 23.9 Å². The lowest BCUT2D eigenvalue weighted by Gasteiger charge is -2.39. The number of ether oxygens (including phenoxy) is 1. The van der Waals surface area contributed by atoms with Gasteiger partial charge >= 0.3 is 0 Å². The average Bonchev–Trinajstić information content (AvgIpc) is 2.46. The molecule has 2 atom stereocenters. The average molecular weight is 340 g/mol. The van der Waals surface area contributed by atoms with Gasteiger partial charge in [-0.3, -0.25) is 4.79 Å². The summed E-state index contributed by atoms with van der Waals surface area (Å²) in [6.07, 6.45) is 4.51. The highest BCUT2D eigenvalue weighted by atomic mass is 79.9. The molecule has 1 aromatic rings. The van der Waals surface area contributed by atoms with E-state index in [-0.39, 0.29) is 18.1 Å². The van der Waals surface area contributed by atoms with E-state index in [1.165, 1.54) is 12.8 Å². The number of alkyl halides is 1. The molecule has 0 bridgehead atoms. The van der Waals surface area contributed by atoms with Gasteiger partial charge in [-0.25, -0.2) is 0 Å². The summed E-state index contributed by atoms with van der Waals surface area (Å²) in [5.74, 6) is 1.35. The van der Waals surface area contributed by atoms with E-state index in [2.05, 4.69) is 28.2 Å². The molecule has 3 nitrogen and oxygen atoms in total. The van der Waals surface area contributed by atoms with Crippen molar-refractivity contribution in [2.75, 3.05) is 11.9 Å². The molecule has 20 heavy (non-hydrogen) atoms. The van der Waals surface area contributed by atoms with Gasteiger partial charge in [0.25, 0.3) is 5.91 Å². The summed E-state index contributed by atoms with van der Waals surface area (Å²) in [5.41, 5.74) is -0.102. The van der Waals surface area contributed by atoms with Crippen LogP contribution in [0.3, 0.4) is 0 Å². The number of benzene rings is 1. The molecule has 2 rings (SSSR count). The molecule has 0 aromatic heterocycles. The van der Waals surface area contributed by atoms with Crippen molar-refractivity contribution in [3.63, 3.8) is 0 Å². The molecule has 4 heteroatoms. The van der Waals surface area contributed by atoms with Crippen LogP contribution in [0.25, 0.3) is 0 Å². The van der Waals surface area contributed by atoms with Gasteiger partial charge in [0.05, 0.1) is 5.54 Å². The first-order valence-electron chi connectivity index (χ1n) is 7.18. The number of carbonyl (C=O) groups excluding carboxylic acids is 1. The summed E-state index contributed by atoms with van der Waals surface area (Å²) in [6, 6.07) is 9.44. The SMILES string of the molecule is CC1CCCC(CBr)(NC(=O)COc2ccccc2)C1. The number of rotatable bonds is 5. The lowest BCUT2D eigenvalue weighted by molar-refractivity contribution is -0.125. The molecule has 0 spiro atoms. The van der Waals surface area contributed by atoms with Crippen LogP contribution in [0.15, 0.2) is 30.3 Å². The smallest absolute Gasteiger partial charge is 0.258 e. The Kier molecular flexibility index (Phi) is 5.46. The molecule has 1 saturated carbocycles. The zero-order valence-electron chi connectivity index (χ0n) is 11.9. The van der Waals surface area contributed by atoms with Crippen molar-refractivity contribution in [2.24, 2.45) is 5.92 Å². The molecule has 1 aliphatic carbocycles. The van der Waals surface area contributed by atoms with E-state index in [4.69, 9.17) is 4.74 Å². The molecule has 0 saturated heterocycles. The van der Waals surface area contributed by atoms with Crippen LogP contribution in [0.4, 0.5) is 0 Å². The van der Waals surface area contributed by atoms with Crippen LogP contribution in [0, 0.1) is 5.92 Å². The van der Waals surface area contributed by atoms with Gasteiger partial charge in [-0.1, -0.05) is 53.9 Å². The van der Waals surface area contributed by atoms with Crippen molar-refractivity contribution in [3.8, 4) is 5.75 Å². The molecule has 0 heterocycles. The molecule has 0 aliphatic heterocycles.